The molecule has 0 spiro atoms. The third-order valence-electron chi connectivity index (χ3n) is 2.70. The van der Waals surface area contributed by atoms with Gasteiger partial charge in [0, 0.05) is 6.04 Å². The van der Waals surface area contributed by atoms with Crippen LogP contribution in [0, 0.1) is 0 Å². The normalized spacial score (nSPS) is 21.9. The zero-order valence-corrected chi connectivity index (χ0v) is 9.32. The number of hydrogen-bond donors (Lipinski definition) is 2. The molecule has 0 aliphatic carbocycles. The Labute approximate surface area is 90.0 Å². The Kier molecular flexibility index (Phi) is 4.08. The molecule has 5 heteroatoms. The smallest absolute Gasteiger partial charge is 0.237 e. The molecule has 0 unspecified atom stereocenters. The summed E-state index contributed by atoms with van der Waals surface area (Å²) in [6.45, 7) is 5.02. The predicted octanol–water partition coefficient (Wildman–Crippen LogP) is -0.539. The molecule has 15 heavy (non-hydrogen) atoms. The van der Waals surface area contributed by atoms with Gasteiger partial charge in [0.25, 0.3) is 0 Å². The van der Waals surface area contributed by atoms with E-state index in [4.69, 9.17) is 5.73 Å². The lowest BCUT2D eigenvalue weighted by Gasteiger charge is -2.27. The highest BCUT2D eigenvalue weighted by molar-refractivity contribution is 5.86. The van der Waals surface area contributed by atoms with Gasteiger partial charge in [0.05, 0.1) is 12.6 Å². The number of primary amides is 1. The highest BCUT2D eigenvalue weighted by Gasteiger charge is 2.31. The molecule has 0 aromatic rings. The molecular formula is C10H19N3O2. The molecule has 1 atom stereocenters. The molecule has 1 rings (SSSR count). The van der Waals surface area contributed by atoms with E-state index in [9.17, 15) is 9.59 Å². The van der Waals surface area contributed by atoms with Gasteiger partial charge < -0.3 is 11.1 Å². The maximum absolute atomic E-state index is 11.7. The molecule has 1 fully saturated rings. The van der Waals surface area contributed by atoms with E-state index in [0.29, 0.717) is 6.04 Å². The number of hydrogen-bond acceptors (Lipinski definition) is 3. The molecule has 3 N–H and O–H groups in total. The van der Waals surface area contributed by atoms with Crippen LogP contribution in [-0.4, -0.2) is 41.9 Å². The van der Waals surface area contributed by atoms with Crippen molar-refractivity contribution in [1.82, 2.24) is 10.2 Å². The Balaban J connectivity index is 2.47. The number of nitrogens with zero attached hydrogens (tertiary/aromatic N) is 1. The van der Waals surface area contributed by atoms with Crippen LogP contribution in [0.5, 0.6) is 0 Å². The number of carbonyl (C=O) groups is 2. The third kappa shape index (κ3) is 3.20. The van der Waals surface area contributed by atoms with Gasteiger partial charge in [-0.15, -0.1) is 0 Å². The molecule has 1 aliphatic heterocycles. The maximum atomic E-state index is 11.7. The van der Waals surface area contributed by atoms with Gasteiger partial charge in [0.15, 0.2) is 0 Å². The molecular weight excluding hydrogens is 194 g/mol. The quantitative estimate of drug-likeness (QED) is 0.658. The Hall–Kier alpha value is -1.10. The average molecular weight is 213 g/mol. The van der Waals surface area contributed by atoms with E-state index in [2.05, 4.69) is 24.1 Å². The van der Waals surface area contributed by atoms with Gasteiger partial charge in [-0.2, -0.15) is 0 Å². The van der Waals surface area contributed by atoms with Gasteiger partial charge >= 0.3 is 0 Å². The molecule has 0 bridgehead atoms. The molecule has 1 heterocycles. The second kappa shape index (κ2) is 5.11. The molecule has 0 saturated carbocycles. The van der Waals surface area contributed by atoms with E-state index < -0.39 is 5.91 Å². The van der Waals surface area contributed by atoms with Gasteiger partial charge in [0.1, 0.15) is 0 Å². The summed E-state index contributed by atoms with van der Waals surface area (Å²) in [6.07, 6.45) is 1.90. The minimum Gasteiger partial charge on any atom is -0.368 e. The van der Waals surface area contributed by atoms with Crippen LogP contribution < -0.4 is 11.1 Å². The second-order valence-electron chi connectivity index (χ2n) is 4.17. The van der Waals surface area contributed by atoms with Crippen LogP contribution in [0.15, 0.2) is 0 Å². The number of nitrogens with two attached hydrogens (primary N) is 1. The van der Waals surface area contributed by atoms with Crippen molar-refractivity contribution in [3.8, 4) is 0 Å². The first kappa shape index (κ1) is 12.0. The van der Waals surface area contributed by atoms with Crippen molar-refractivity contribution in [2.24, 2.45) is 5.73 Å². The fourth-order valence-electron chi connectivity index (χ4n) is 1.98. The molecule has 0 aromatic heterocycles. The van der Waals surface area contributed by atoms with E-state index >= 15 is 0 Å². The van der Waals surface area contributed by atoms with Gasteiger partial charge in [-0.3, -0.25) is 14.5 Å². The number of rotatable bonds is 4. The molecule has 1 saturated heterocycles. The lowest BCUT2D eigenvalue weighted by molar-refractivity contribution is -0.128. The Morgan fingerprint density at radius 2 is 2.20 bits per heavy atom. The van der Waals surface area contributed by atoms with Crippen molar-refractivity contribution in [2.75, 3.05) is 13.1 Å². The van der Waals surface area contributed by atoms with Crippen LogP contribution in [0.1, 0.15) is 26.7 Å². The summed E-state index contributed by atoms with van der Waals surface area (Å²) in [7, 11) is 0. The first-order valence-corrected chi connectivity index (χ1v) is 5.34. The summed E-state index contributed by atoms with van der Waals surface area (Å²) in [5.41, 5.74) is 4.97. The molecule has 1 aliphatic rings. The number of amides is 2. The summed E-state index contributed by atoms with van der Waals surface area (Å²) in [6, 6.07) is 0.265. The van der Waals surface area contributed by atoms with Crippen LogP contribution in [0.4, 0.5) is 0 Å². The first-order valence-electron chi connectivity index (χ1n) is 5.34. The van der Waals surface area contributed by atoms with Crippen molar-refractivity contribution < 1.29 is 9.59 Å². The van der Waals surface area contributed by atoms with E-state index in [1.807, 2.05) is 0 Å². The van der Waals surface area contributed by atoms with Gasteiger partial charge in [-0.25, -0.2) is 0 Å². The molecule has 0 radical (unpaired) electrons. The van der Waals surface area contributed by atoms with Gasteiger partial charge in [0.2, 0.25) is 11.8 Å². The Morgan fingerprint density at radius 1 is 1.53 bits per heavy atom. The maximum Gasteiger partial charge on any atom is 0.237 e. The minimum absolute atomic E-state index is 0.0682. The van der Waals surface area contributed by atoms with E-state index in [1.54, 1.807) is 0 Å². The predicted molar refractivity (Wildman–Crippen MR) is 57.1 cm³/mol. The van der Waals surface area contributed by atoms with Crippen LogP contribution in [0.3, 0.4) is 0 Å². The molecule has 5 nitrogen and oxygen atoms in total. The van der Waals surface area contributed by atoms with Crippen molar-refractivity contribution >= 4 is 11.8 Å². The van der Waals surface area contributed by atoms with Crippen LogP contribution in [0.25, 0.3) is 0 Å². The Morgan fingerprint density at radius 3 is 2.73 bits per heavy atom. The van der Waals surface area contributed by atoms with Crippen molar-refractivity contribution in [3.63, 3.8) is 0 Å². The standard InChI is InChI=1S/C10H19N3O2/c1-7(2)13-5-3-4-8(13)10(15)12-6-9(11)14/h7-8H,3-6H2,1-2H3,(H2,11,14)(H,12,15)/t8-/m0/s1. The van der Waals surface area contributed by atoms with Crippen molar-refractivity contribution in [1.29, 1.82) is 0 Å². The van der Waals surface area contributed by atoms with Gasteiger partial charge in [-0.05, 0) is 33.2 Å². The average Bonchev–Trinajstić information content (AvgIpc) is 2.62. The largest absolute Gasteiger partial charge is 0.368 e. The summed E-state index contributed by atoms with van der Waals surface area (Å²) >= 11 is 0. The topological polar surface area (TPSA) is 75.4 Å². The van der Waals surface area contributed by atoms with Crippen LogP contribution >= 0.6 is 0 Å². The van der Waals surface area contributed by atoms with Crippen molar-refractivity contribution in [3.05, 3.63) is 0 Å². The summed E-state index contributed by atoms with van der Waals surface area (Å²) in [5, 5.41) is 2.55. The summed E-state index contributed by atoms with van der Waals surface area (Å²) in [4.78, 5) is 24.4. The second-order valence-corrected chi connectivity index (χ2v) is 4.17. The molecule has 2 amide bonds. The number of carbonyl (C=O) groups excluding carboxylic acids is 2. The first-order chi connectivity index (χ1) is 7.02. The Bertz CT molecular complexity index is 253. The van der Waals surface area contributed by atoms with Crippen LogP contribution in [0.2, 0.25) is 0 Å². The number of likely N-dealkylation sites (tertiary alicyclic amines) is 1. The fourth-order valence-corrected chi connectivity index (χ4v) is 1.98. The fraction of sp³-hybridized carbons (Fsp3) is 0.800. The highest BCUT2D eigenvalue weighted by Crippen LogP contribution is 2.19. The molecule has 0 aromatic carbocycles. The van der Waals surface area contributed by atoms with E-state index in [1.165, 1.54) is 0 Å². The molecule has 86 valence electrons. The van der Waals surface area contributed by atoms with E-state index in [0.717, 1.165) is 19.4 Å². The zero-order valence-electron chi connectivity index (χ0n) is 9.32. The summed E-state index contributed by atoms with van der Waals surface area (Å²) < 4.78 is 0. The minimum atomic E-state index is -0.502. The van der Waals surface area contributed by atoms with Gasteiger partial charge in [-0.1, -0.05) is 0 Å². The van der Waals surface area contributed by atoms with E-state index in [-0.39, 0.29) is 18.5 Å². The zero-order chi connectivity index (χ0) is 11.4. The monoisotopic (exact) mass is 213 g/mol. The van der Waals surface area contributed by atoms with Crippen LogP contribution in [-0.2, 0) is 9.59 Å². The SMILES string of the molecule is CC(C)N1CCC[C@H]1C(=O)NCC(N)=O. The highest BCUT2D eigenvalue weighted by atomic mass is 16.2. The summed E-state index contributed by atoms with van der Waals surface area (Å²) in [5.74, 6) is -0.586. The third-order valence-corrected chi connectivity index (χ3v) is 2.70. The number of nitrogens with one attached hydrogen (secondary N) is 1. The van der Waals surface area contributed by atoms with Crippen molar-refractivity contribution in [2.45, 2.75) is 38.8 Å². The lowest BCUT2D eigenvalue weighted by Crippen LogP contribution is -2.47. The lowest BCUT2D eigenvalue weighted by atomic mass is 10.2.